The van der Waals surface area contributed by atoms with Crippen LogP contribution in [0.4, 0.5) is 0 Å². The molecule has 0 bridgehead atoms. The second-order valence-electron chi connectivity index (χ2n) is 6.78. The van der Waals surface area contributed by atoms with Crippen molar-refractivity contribution < 1.29 is 9.53 Å². The van der Waals surface area contributed by atoms with Crippen molar-refractivity contribution >= 4 is 17.2 Å². The van der Waals surface area contributed by atoms with Crippen LogP contribution >= 0.6 is 11.3 Å². The van der Waals surface area contributed by atoms with Crippen molar-refractivity contribution in [3.63, 3.8) is 0 Å². The van der Waals surface area contributed by atoms with Crippen molar-refractivity contribution in [2.45, 2.75) is 18.3 Å². The van der Waals surface area contributed by atoms with Crippen LogP contribution in [0.1, 0.15) is 28.8 Å². The predicted molar refractivity (Wildman–Crippen MR) is 108 cm³/mol. The number of hydrogen-bond acceptors (Lipinski definition) is 5. The van der Waals surface area contributed by atoms with E-state index in [1.165, 1.54) is 11.3 Å². The van der Waals surface area contributed by atoms with Gasteiger partial charge in [-0.1, -0.05) is 41.7 Å². The van der Waals surface area contributed by atoms with E-state index in [0.29, 0.717) is 42.4 Å². The molecule has 0 unspecified atom stereocenters. The molecule has 2 aromatic carbocycles. The quantitative estimate of drug-likeness (QED) is 0.652. The number of nitrogens with zero attached hydrogens (tertiary/aromatic N) is 3. The molecule has 6 heteroatoms. The van der Waals surface area contributed by atoms with Gasteiger partial charge < -0.3 is 9.64 Å². The summed E-state index contributed by atoms with van der Waals surface area (Å²) >= 11 is 1.42. The number of hydrogen-bond donors (Lipinski definition) is 0. The van der Waals surface area contributed by atoms with E-state index in [9.17, 15) is 10.1 Å². The molecule has 140 valence electrons. The van der Waals surface area contributed by atoms with Crippen LogP contribution in [-0.2, 0) is 5.41 Å². The lowest BCUT2D eigenvalue weighted by Crippen LogP contribution is -2.44. The van der Waals surface area contributed by atoms with Crippen LogP contribution < -0.4 is 4.74 Å². The normalized spacial score (nSPS) is 15.6. The molecule has 3 aromatic rings. The molecule has 1 aliphatic heterocycles. The van der Waals surface area contributed by atoms with Crippen LogP contribution in [-0.4, -0.2) is 28.9 Å². The van der Waals surface area contributed by atoms with Crippen LogP contribution in [0.5, 0.6) is 10.9 Å². The van der Waals surface area contributed by atoms with Gasteiger partial charge >= 0.3 is 0 Å². The van der Waals surface area contributed by atoms with Crippen molar-refractivity contribution in [3.05, 3.63) is 77.3 Å². The van der Waals surface area contributed by atoms with Gasteiger partial charge in [-0.25, -0.2) is 4.98 Å². The number of likely N-dealkylation sites (tertiary alicyclic amines) is 1. The predicted octanol–water partition coefficient (Wildman–Crippen LogP) is 4.63. The standard InChI is InChI=1S/C22H19N3O2S/c23-16-22(18-4-2-1-3-5-18)10-13-25(14-11-22)20(26)17-6-8-19(9-7-17)27-21-24-12-15-28-21/h1-9,12,15H,10-11,13-14H2. The van der Waals surface area contributed by atoms with Gasteiger partial charge in [-0.05, 0) is 42.7 Å². The van der Waals surface area contributed by atoms with Crippen LogP contribution in [0.2, 0.25) is 0 Å². The molecule has 1 saturated heterocycles. The minimum Gasteiger partial charge on any atom is -0.431 e. The Hall–Kier alpha value is -3.17. The minimum atomic E-state index is -0.510. The van der Waals surface area contributed by atoms with Crippen LogP contribution in [0.25, 0.3) is 0 Å². The average Bonchev–Trinajstić information content (AvgIpc) is 3.27. The number of carbonyl (C=O) groups excluding carboxylic acids is 1. The Balaban J connectivity index is 1.42. The summed E-state index contributed by atoms with van der Waals surface area (Å²) in [6.45, 7) is 1.14. The lowest BCUT2D eigenvalue weighted by Gasteiger charge is -2.37. The maximum atomic E-state index is 12.9. The zero-order valence-electron chi connectivity index (χ0n) is 15.2. The molecule has 1 aliphatic rings. The topological polar surface area (TPSA) is 66.2 Å². The second kappa shape index (κ2) is 7.83. The molecule has 0 saturated carbocycles. The summed E-state index contributed by atoms with van der Waals surface area (Å²) in [6, 6.07) is 19.5. The first-order valence-corrected chi connectivity index (χ1v) is 10.0. The van der Waals surface area contributed by atoms with Gasteiger partial charge in [-0.15, -0.1) is 0 Å². The smallest absolute Gasteiger partial charge is 0.278 e. The third kappa shape index (κ3) is 3.62. The van der Waals surface area contributed by atoms with Gasteiger partial charge in [0.05, 0.1) is 11.5 Å². The van der Waals surface area contributed by atoms with Gasteiger partial charge in [0, 0.05) is 30.2 Å². The Morgan fingerprint density at radius 1 is 1.11 bits per heavy atom. The molecule has 1 fully saturated rings. The molecule has 0 atom stereocenters. The average molecular weight is 389 g/mol. The Kier molecular flexibility index (Phi) is 5.09. The third-order valence-corrected chi connectivity index (χ3v) is 5.81. The monoisotopic (exact) mass is 389 g/mol. The minimum absolute atomic E-state index is 0.0135. The molecule has 1 aromatic heterocycles. The number of nitriles is 1. The fourth-order valence-corrected chi connectivity index (χ4v) is 4.03. The lowest BCUT2D eigenvalue weighted by atomic mass is 9.74. The fraction of sp³-hybridized carbons (Fsp3) is 0.227. The summed E-state index contributed by atoms with van der Waals surface area (Å²) in [4.78, 5) is 18.8. The van der Waals surface area contributed by atoms with Gasteiger partial charge in [0.2, 0.25) is 0 Å². The Morgan fingerprint density at radius 3 is 2.43 bits per heavy atom. The maximum Gasteiger partial charge on any atom is 0.278 e. The van der Waals surface area contributed by atoms with E-state index in [1.54, 1.807) is 30.5 Å². The zero-order valence-corrected chi connectivity index (χ0v) is 16.1. The number of thiazole rings is 1. The Bertz CT molecular complexity index is 971. The molecule has 4 rings (SSSR count). The van der Waals surface area contributed by atoms with E-state index >= 15 is 0 Å². The summed E-state index contributed by atoms with van der Waals surface area (Å²) in [5, 5.41) is 12.2. The molecule has 0 radical (unpaired) electrons. The van der Waals surface area contributed by atoms with Crippen molar-refractivity contribution in [3.8, 4) is 17.0 Å². The molecule has 2 heterocycles. The van der Waals surface area contributed by atoms with Crippen LogP contribution in [0, 0.1) is 11.3 Å². The number of benzene rings is 2. The highest BCUT2D eigenvalue weighted by molar-refractivity contribution is 7.11. The summed E-state index contributed by atoms with van der Waals surface area (Å²) in [5.41, 5.74) is 1.15. The summed E-state index contributed by atoms with van der Waals surface area (Å²) in [7, 11) is 0. The first kappa shape index (κ1) is 18.2. The Morgan fingerprint density at radius 2 is 1.82 bits per heavy atom. The van der Waals surface area contributed by atoms with E-state index in [1.807, 2.05) is 40.6 Å². The van der Waals surface area contributed by atoms with Crippen LogP contribution in [0.3, 0.4) is 0 Å². The van der Waals surface area contributed by atoms with E-state index in [-0.39, 0.29) is 5.91 Å². The van der Waals surface area contributed by atoms with E-state index < -0.39 is 5.41 Å². The van der Waals surface area contributed by atoms with Gasteiger partial charge in [-0.3, -0.25) is 4.79 Å². The largest absolute Gasteiger partial charge is 0.431 e. The van der Waals surface area contributed by atoms with Crippen molar-refractivity contribution in [2.24, 2.45) is 0 Å². The van der Waals surface area contributed by atoms with Gasteiger partial charge in [-0.2, -0.15) is 5.26 Å². The van der Waals surface area contributed by atoms with Gasteiger partial charge in [0.25, 0.3) is 11.1 Å². The zero-order chi connectivity index (χ0) is 19.4. The van der Waals surface area contributed by atoms with Gasteiger partial charge in [0.1, 0.15) is 5.75 Å². The van der Waals surface area contributed by atoms with E-state index in [4.69, 9.17) is 4.74 Å². The molecule has 5 nitrogen and oxygen atoms in total. The number of amides is 1. The van der Waals surface area contributed by atoms with Crippen molar-refractivity contribution in [1.29, 1.82) is 5.26 Å². The number of rotatable bonds is 4. The molecule has 0 N–H and O–H groups in total. The van der Waals surface area contributed by atoms with Gasteiger partial charge in [0.15, 0.2) is 0 Å². The number of ether oxygens (including phenoxy) is 1. The molecular formula is C22H19N3O2S. The number of aromatic nitrogens is 1. The maximum absolute atomic E-state index is 12.9. The fourth-order valence-electron chi connectivity index (χ4n) is 3.52. The highest BCUT2D eigenvalue weighted by Crippen LogP contribution is 2.35. The molecule has 28 heavy (non-hydrogen) atoms. The summed E-state index contributed by atoms with van der Waals surface area (Å²) in [6.07, 6.45) is 2.97. The number of piperidine rings is 1. The van der Waals surface area contributed by atoms with Crippen molar-refractivity contribution in [2.75, 3.05) is 13.1 Å². The first-order chi connectivity index (χ1) is 13.7. The van der Waals surface area contributed by atoms with Crippen LogP contribution in [0.15, 0.2) is 66.2 Å². The first-order valence-electron chi connectivity index (χ1n) is 9.14. The second-order valence-corrected chi connectivity index (χ2v) is 7.63. The highest BCUT2D eigenvalue weighted by Gasteiger charge is 2.37. The third-order valence-electron chi connectivity index (χ3n) is 5.16. The van der Waals surface area contributed by atoms with E-state index in [2.05, 4.69) is 11.1 Å². The molecular weight excluding hydrogens is 370 g/mol. The molecule has 0 aliphatic carbocycles. The molecule has 1 amide bonds. The highest BCUT2D eigenvalue weighted by atomic mass is 32.1. The molecule has 0 spiro atoms. The van der Waals surface area contributed by atoms with E-state index in [0.717, 1.165) is 5.56 Å². The number of carbonyl (C=O) groups is 1. The lowest BCUT2D eigenvalue weighted by molar-refractivity contribution is 0.0692. The van der Waals surface area contributed by atoms with Crippen molar-refractivity contribution in [1.82, 2.24) is 9.88 Å². The summed E-state index contributed by atoms with van der Waals surface area (Å²) in [5.74, 6) is 0.637. The SMILES string of the molecule is N#CC1(c2ccccc2)CCN(C(=O)c2ccc(Oc3nccs3)cc2)CC1. The Labute approximate surface area is 167 Å². The summed E-state index contributed by atoms with van der Waals surface area (Å²) < 4.78 is 5.64.